The van der Waals surface area contributed by atoms with Crippen molar-refractivity contribution in [2.75, 3.05) is 34.1 Å². The van der Waals surface area contributed by atoms with Crippen molar-refractivity contribution < 1.29 is 60.6 Å². The van der Waals surface area contributed by atoms with Crippen molar-refractivity contribution in [1.82, 2.24) is 15.2 Å². The van der Waals surface area contributed by atoms with Gasteiger partial charge in [-0.1, -0.05) is 125 Å². The van der Waals surface area contributed by atoms with Crippen LogP contribution in [-0.2, 0) is 62.6 Å². The molecule has 16 nitrogen and oxygen atoms in total. The number of amides is 2. The number of esters is 3. The van der Waals surface area contributed by atoms with Crippen molar-refractivity contribution in [3.8, 4) is 0 Å². The summed E-state index contributed by atoms with van der Waals surface area (Å²) >= 11 is 0. The molecule has 6 atom stereocenters. The monoisotopic (exact) mass is 1040 g/mol. The van der Waals surface area contributed by atoms with E-state index < -0.39 is 75.6 Å². The minimum Gasteiger partial charge on any atom is -0.458 e. The van der Waals surface area contributed by atoms with Crippen molar-refractivity contribution in [3.05, 3.63) is 78.6 Å². The molecule has 1 N–H and O–H groups in total. The maximum absolute atomic E-state index is 15.1. The minimum atomic E-state index is -3.21. The van der Waals surface area contributed by atoms with Gasteiger partial charge in [-0.3, -0.25) is 19.2 Å². The van der Waals surface area contributed by atoms with Crippen LogP contribution in [0.1, 0.15) is 129 Å². The summed E-state index contributed by atoms with van der Waals surface area (Å²) in [4.78, 5) is 73.1. The number of carbonyl (C=O) groups is 5. The molecule has 1 aromatic rings. The van der Waals surface area contributed by atoms with Crippen LogP contribution >= 0.6 is 0 Å². The van der Waals surface area contributed by atoms with Gasteiger partial charge >= 0.3 is 26.5 Å². The van der Waals surface area contributed by atoms with E-state index in [1.807, 2.05) is 52.0 Å². The second-order valence-electron chi connectivity index (χ2n) is 21.3. The second-order valence-corrected chi connectivity index (χ2v) is 31.0. The number of likely N-dealkylation sites (N-methyl/N-ethyl adjacent to an activating group) is 1. The first-order valence-electron chi connectivity index (χ1n) is 25.5. The van der Waals surface area contributed by atoms with Crippen LogP contribution in [0.25, 0.3) is 0 Å². The Balaban J connectivity index is 1.88. The Kier molecular flexibility index (Phi) is 22.9. The fraction of sp³-hybridized carbons (Fsp3) is 0.667. The van der Waals surface area contributed by atoms with Gasteiger partial charge in [0, 0.05) is 41.0 Å². The first-order valence-corrected chi connectivity index (χ1v) is 29.6. The van der Waals surface area contributed by atoms with Crippen molar-refractivity contribution in [3.63, 3.8) is 0 Å². The third-order valence-electron chi connectivity index (χ3n) is 14.8. The quantitative estimate of drug-likeness (QED) is 0.0288. The minimum absolute atomic E-state index is 0.0687. The number of nitrogens with one attached hydrogen (secondary N) is 1. The Morgan fingerprint density at radius 3 is 2.06 bits per heavy atom. The van der Waals surface area contributed by atoms with Gasteiger partial charge < -0.3 is 46.9 Å². The van der Waals surface area contributed by atoms with Crippen LogP contribution < -0.4 is 5.32 Å². The highest BCUT2D eigenvalue weighted by molar-refractivity contribution is 6.77. The number of nitrogens with zero attached hydrogens (tertiary/aromatic N) is 2. The number of fused-ring (bicyclic) bond motifs is 1. The van der Waals surface area contributed by atoms with E-state index in [9.17, 15) is 19.2 Å². The average molecular weight is 1040 g/mol. The molecule has 0 bridgehead atoms. The maximum Gasteiger partial charge on any atom is 0.344 e. The zero-order valence-electron chi connectivity index (χ0n) is 46.5. The maximum atomic E-state index is 15.1. The van der Waals surface area contributed by atoms with Gasteiger partial charge in [-0.05, 0) is 73.0 Å². The summed E-state index contributed by atoms with van der Waals surface area (Å²) in [5.74, 6) is -2.48. The van der Waals surface area contributed by atoms with Gasteiger partial charge in [-0.25, -0.2) is 9.78 Å². The summed E-state index contributed by atoms with van der Waals surface area (Å²) < 4.78 is 50.2. The molecule has 2 saturated heterocycles. The lowest BCUT2D eigenvalue weighted by Gasteiger charge is -2.59. The molecule has 404 valence electrons. The number of carbonyl (C=O) groups excluding carboxylic acids is 5. The lowest BCUT2D eigenvalue weighted by atomic mass is 9.70. The molecule has 0 aromatic carbocycles. The Morgan fingerprint density at radius 1 is 0.903 bits per heavy atom. The van der Waals surface area contributed by atoms with E-state index in [1.165, 1.54) is 32.3 Å². The summed E-state index contributed by atoms with van der Waals surface area (Å²) in [5, 5.41) is 2.92. The highest BCUT2D eigenvalue weighted by atomic mass is 28.4. The summed E-state index contributed by atoms with van der Waals surface area (Å²) in [7, 11) is -2.53. The summed E-state index contributed by atoms with van der Waals surface area (Å²) in [6, 6.07) is 0. The van der Waals surface area contributed by atoms with E-state index >= 15 is 4.79 Å². The number of hydrogen-bond acceptors (Lipinski definition) is 14. The smallest absolute Gasteiger partial charge is 0.344 e. The number of ether oxygens (including phenoxy) is 4. The second kappa shape index (κ2) is 26.7. The van der Waals surface area contributed by atoms with E-state index in [0.29, 0.717) is 12.0 Å². The van der Waals surface area contributed by atoms with Crippen LogP contribution in [0.15, 0.2) is 77.3 Å². The Labute approximate surface area is 432 Å². The third kappa shape index (κ3) is 13.4. The largest absolute Gasteiger partial charge is 0.458 e. The van der Waals surface area contributed by atoms with E-state index in [0.717, 1.165) is 5.76 Å². The van der Waals surface area contributed by atoms with Gasteiger partial charge in [-0.15, -0.1) is 0 Å². The van der Waals surface area contributed by atoms with Crippen molar-refractivity contribution in [2.24, 2.45) is 11.3 Å². The van der Waals surface area contributed by atoms with Gasteiger partial charge in [0.2, 0.25) is 20.1 Å². The Bertz CT molecular complexity index is 2100. The van der Waals surface area contributed by atoms with Gasteiger partial charge in [0.1, 0.15) is 23.6 Å². The van der Waals surface area contributed by atoms with Crippen molar-refractivity contribution >= 4 is 46.6 Å². The summed E-state index contributed by atoms with van der Waals surface area (Å²) in [6.45, 7) is 30.5. The van der Waals surface area contributed by atoms with Crippen LogP contribution in [0.3, 0.4) is 0 Å². The Hall–Kier alpha value is -4.47. The highest BCUT2D eigenvalue weighted by Crippen LogP contribution is 2.57. The molecule has 3 rings (SSSR count). The molecule has 2 fully saturated rings. The molecular formula is C54H87N3O13Si2. The Morgan fingerprint density at radius 2 is 1.51 bits per heavy atom. The summed E-state index contributed by atoms with van der Waals surface area (Å²) in [5.41, 5.74) is -3.19. The van der Waals surface area contributed by atoms with Crippen LogP contribution in [0, 0.1) is 11.3 Å². The van der Waals surface area contributed by atoms with E-state index in [-0.39, 0.29) is 72.3 Å². The predicted octanol–water partition coefficient (Wildman–Crippen LogP) is 9.78. The molecule has 2 aliphatic rings. The number of allylic oxidation sites excluding steroid dienone is 7. The molecule has 0 spiro atoms. The first kappa shape index (κ1) is 61.8. The molecule has 72 heavy (non-hydrogen) atoms. The van der Waals surface area contributed by atoms with Crippen LogP contribution in [0.2, 0.25) is 27.7 Å². The summed E-state index contributed by atoms with van der Waals surface area (Å²) in [6.07, 6.45) is 17.7. The normalized spacial score (nSPS) is 22.3. The molecule has 3 heterocycles. The van der Waals surface area contributed by atoms with E-state index in [1.54, 1.807) is 71.3 Å². The molecule has 2 amide bonds. The van der Waals surface area contributed by atoms with Crippen molar-refractivity contribution in [1.29, 1.82) is 0 Å². The number of aromatic nitrogens is 1. The molecule has 0 aliphatic carbocycles. The zero-order chi connectivity index (χ0) is 54.4. The van der Waals surface area contributed by atoms with Crippen LogP contribution in [0.5, 0.6) is 0 Å². The van der Waals surface area contributed by atoms with Gasteiger partial charge in [0.05, 0.1) is 30.2 Å². The van der Waals surface area contributed by atoms with Crippen molar-refractivity contribution in [2.45, 2.75) is 187 Å². The first-order chi connectivity index (χ1) is 33.7. The molecule has 0 unspecified atom stereocenters. The van der Waals surface area contributed by atoms with Crippen LogP contribution in [0.4, 0.5) is 0 Å². The molecule has 2 aliphatic heterocycles. The average Bonchev–Trinajstić information content (AvgIpc) is 3.88. The third-order valence-corrected chi connectivity index (χ3v) is 25.3. The molecule has 0 radical (unpaired) electrons. The topological polar surface area (TPSA) is 191 Å². The SMILES string of the molecule is CO[C@@H](CC[C@H](/C=C\C=C\CNC(=O)C(C)(C)[C@H](OC(C)=O)/C(C)=C/C=C/C=C/Cc1cnco1)OC(C)=O)[C@@]12O[Si](C(C)C)(C(C)C)OC[C@]1(C(=O)OCO[Si](C(C)C)(C(C)C)C(C)C)N(C)C(=O)[C@@H]2C. The molecule has 0 saturated carbocycles. The fourth-order valence-electron chi connectivity index (χ4n) is 11.2. The van der Waals surface area contributed by atoms with Gasteiger partial charge in [0.15, 0.2) is 18.7 Å². The standard InChI is InChI=1S/C54H87N3O13Si2/c1-36(2)71(37(3)4,38(5)6)67-35-65-51(62)53-33-66-72(39(7)8,40(9)10)70-54(53,42(12)49(60)57(53)17)47(63-18)30-29-45(68-43(13)58)27-24-21-25-31-56-50(61)52(15,16)48(69-44(14)59)41(11)26-22-19-20-23-28-46-32-55-34-64-46/h19-27,32,34,36-40,42,45,47-48H,28-31,33,35H2,1-18H3,(H,56,61)/b22-19+,23-20+,25-21+,27-24-,41-26+/t42-,45-,47-,48+,53+,54+/m0/s1. The number of hydrogen-bond donors (Lipinski definition) is 1. The molecule has 18 heteroatoms. The zero-order valence-corrected chi connectivity index (χ0v) is 48.5. The predicted molar refractivity (Wildman–Crippen MR) is 282 cm³/mol. The van der Waals surface area contributed by atoms with E-state index in [4.69, 9.17) is 36.6 Å². The molecule has 1 aromatic heterocycles. The van der Waals surface area contributed by atoms with Crippen LogP contribution in [-0.4, -0.2) is 120 Å². The number of oxazole rings is 1. The van der Waals surface area contributed by atoms with E-state index in [2.05, 4.69) is 51.8 Å². The number of likely N-dealkylation sites (tertiary alicyclic amines) is 1. The number of methoxy groups -OCH3 is 1. The highest BCUT2D eigenvalue weighted by Gasteiger charge is 2.79. The number of rotatable bonds is 27. The molecular weight excluding hydrogens is 955 g/mol. The van der Waals surface area contributed by atoms with Gasteiger partial charge in [0.25, 0.3) is 0 Å². The van der Waals surface area contributed by atoms with Gasteiger partial charge in [-0.2, -0.15) is 0 Å². The fourth-order valence-corrected chi connectivity index (χ4v) is 20.4. The lowest BCUT2D eigenvalue weighted by Crippen LogP contribution is -2.79. The lowest BCUT2D eigenvalue weighted by molar-refractivity contribution is -0.220.